The van der Waals surface area contributed by atoms with Gasteiger partial charge in [0.15, 0.2) is 0 Å². The van der Waals surface area contributed by atoms with Gasteiger partial charge in [0.05, 0.1) is 30.1 Å². The first kappa shape index (κ1) is 24.2. The molecule has 172 valence electrons. The summed E-state index contributed by atoms with van der Waals surface area (Å²) in [6, 6.07) is 15.4. The van der Waals surface area contributed by atoms with Gasteiger partial charge < -0.3 is 20.3 Å². The van der Waals surface area contributed by atoms with Crippen LogP contribution in [-0.2, 0) is 9.53 Å². The zero-order valence-electron chi connectivity index (χ0n) is 18.8. The Morgan fingerprint density at radius 2 is 1.85 bits per heavy atom. The molecule has 1 aromatic heterocycles. The lowest BCUT2D eigenvalue weighted by atomic mass is 10.1. The molecule has 7 nitrogen and oxygen atoms in total. The number of hydrogen-bond donors (Lipinski definition) is 2. The van der Waals surface area contributed by atoms with Gasteiger partial charge in [0.2, 0.25) is 11.9 Å². The Labute approximate surface area is 199 Å². The van der Waals surface area contributed by atoms with Crippen molar-refractivity contribution in [1.82, 2.24) is 9.97 Å². The molecule has 1 fully saturated rings. The quantitative estimate of drug-likeness (QED) is 0.466. The van der Waals surface area contributed by atoms with Gasteiger partial charge >= 0.3 is 0 Å². The first-order valence-electron chi connectivity index (χ1n) is 10.9. The van der Waals surface area contributed by atoms with Crippen LogP contribution in [0.15, 0.2) is 67.4 Å². The minimum atomic E-state index is -0.284. The maximum absolute atomic E-state index is 11.6. The van der Waals surface area contributed by atoms with Crippen LogP contribution in [-0.4, -0.2) is 42.2 Å². The van der Waals surface area contributed by atoms with E-state index in [0.717, 1.165) is 43.2 Å². The van der Waals surface area contributed by atoms with Gasteiger partial charge in [-0.05, 0) is 36.4 Å². The van der Waals surface area contributed by atoms with Crippen LogP contribution in [0.1, 0.15) is 13.8 Å². The highest BCUT2D eigenvalue weighted by Crippen LogP contribution is 2.29. The highest BCUT2D eigenvalue weighted by molar-refractivity contribution is 6.33. The standard InChI is InChI=1S/C23H22ClN5O2.C2H6/c1-2-21(30)26-17-6-3-5-16(13-17)22-20(24)15-25-23(28-22)27-18-7-4-8-19(14-18)29-9-11-31-12-10-29;1-2/h2-8,13-15H,1,9-12H2,(H,26,30)(H,25,27,28);1-2H3. The summed E-state index contributed by atoms with van der Waals surface area (Å²) < 4.78 is 5.43. The number of benzene rings is 2. The monoisotopic (exact) mass is 465 g/mol. The molecule has 0 aliphatic carbocycles. The number of hydrogen-bond acceptors (Lipinski definition) is 6. The largest absolute Gasteiger partial charge is 0.378 e. The number of amides is 1. The van der Waals surface area contributed by atoms with Crippen molar-refractivity contribution in [2.45, 2.75) is 13.8 Å². The molecule has 1 saturated heterocycles. The number of anilines is 4. The van der Waals surface area contributed by atoms with Crippen LogP contribution in [0.4, 0.5) is 23.0 Å². The topological polar surface area (TPSA) is 79.4 Å². The van der Waals surface area contributed by atoms with Crippen molar-refractivity contribution in [1.29, 1.82) is 0 Å². The molecule has 1 aliphatic rings. The van der Waals surface area contributed by atoms with Gasteiger partial charge in [0.1, 0.15) is 0 Å². The molecular formula is C25H28ClN5O2. The number of nitrogens with one attached hydrogen (secondary N) is 2. The van der Waals surface area contributed by atoms with Crippen LogP contribution < -0.4 is 15.5 Å². The van der Waals surface area contributed by atoms with Crippen molar-refractivity contribution in [2.75, 3.05) is 41.8 Å². The third kappa shape index (κ3) is 6.54. The van der Waals surface area contributed by atoms with E-state index in [1.807, 2.05) is 38.1 Å². The molecular weight excluding hydrogens is 438 g/mol. The minimum Gasteiger partial charge on any atom is -0.378 e. The number of halogens is 1. The van der Waals surface area contributed by atoms with E-state index in [9.17, 15) is 4.79 Å². The van der Waals surface area contributed by atoms with Gasteiger partial charge in [-0.1, -0.05) is 50.2 Å². The number of nitrogens with zero attached hydrogens (tertiary/aromatic N) is 3. The highest BCUT2D eigenvalue weighted by Gasteiger charge is 2.13. The Balaban J connectivity index is 0.00000149. The van der Waals surface area contributed by atoms with Gasteiger partial charge in [-0.3, -0.25) is 4.79 Å². The fourth-order valence-electron chi connectivity index (χ4n) is 3.30. The molecule has 0 bridgehead atoms. The first-order chi connectivity index (χ1) is 16.1. The van der Waals surface area contributed by atoms with Crippen LogP contribution in [0.25, 0.3) is 11.3 Å². The van der Waals surface area contributed by atoms with Crippen molar-refractivity contribution < 1.29 is 9.53 Å². The summed E-state index contributed by atoms with van der Waals surface area (Å²) in [4.78, 5) is 22.8. The normalized spacial score (nSPS) is 12.9. The lowest BCUT2D eigenvalue weighted by Gasteiger charge is -2.29. The summed E-state index contributed by atoms with van der Waals surface area (Å²) >= 11 is 6.37. The number of rotatable bonds is 6. The zero-order chi connectivity index (χ0) is 23.6. The van der Waals surface area contributed by atoms with E-state index in [2.05, 4.69) is 44.2 Å². The third-order valence-electron chi connectivity index (χ3n) is 4.81. The third-order valence-corrected chi connectivity index (χ3v) is 5.09. The number of carbonyl (C=O) groups is 1. The Bertz CT molecular complexity index is 1100. The molecule has 1 aliphatic heterocycles. The second kappa shape index (κ2) is 12.0. The Kier molecular flexibility index (Phi) is 8.80. The molecule has 0 unspecified atom stereocenters. The van der Waals surface area contributed by atoms with Crippen LogP contribution in [0.5, 0.6) is 0 Å². The maximum atomic E-state index is 11.6. The predicted molar refractivity (Wildman–Crippen MR) is 135 cm³/mol. The molecule has 0 atom stereocenters. The van der Waals surface area contributed by atoms with E-state index < -0.39 is 0 Å². The van der Waals surface area contributed by atoms with E-state index in [-0.39, 0.29) is 5.91 Å². The summed E-state index contributed by atoms with van der Waals surface area (Å²) in [5, 5.41) is 6.41. The van der Waals surface area contributed by atoms with E-state index in [1.54, 1.807) is 18.3 Å². The van der Waals surface area contributed by atoms with Crippen LogP contribution >= 0.6 is 11.6 Å². The van der Waals surface area contributed by atoms with E-state index in [1.165, 1.54) is 6.08 Å². The second-order valence-corrected chi connectivity index (χ2v) is 7.35. The Morgan fingerprint density at radius 1 is 1.12 bits per heavy atom. The molecule has 4 rings (SSSR count). The van der Waals surface area contributed by atoms with E-state index in [4.69, 9.17) is 16.3 Å². The molecule has 0 radical (unpaired) electrons. The summed E-state index contributed by atoms with van der Waals surface area (Å²) in [5.74, 6) is 0.146. The van der Waals surface area contributed by atoms with Gasteiger partial charge in [-0.2, -0.15) is 0 Å². The molecule has 1 amide bonds. The molecule has 2 heterocycles. The highest BCUT2D eigenvalue weighted by atomic mass is 35.5. The molecule has 8 heteroatoms. The van der Waals surface area contributed by atoms with E-state index in [0.29, 0.717) is 22.4 Å². The van der Waals surface area contributed by atoms with Crippen LogP contribution in [0.2, 0.25) is 5.02 Å². The molecule has 2 N–H and O–H groups in total. The van der Waals surface area contributed by atoms with Crippen molar-refractivity contribution >= 4 is 40.5 Å². The SMILES string of the molecule is C=CC(=O)Nc1cccc(-c2nc(Nc3cccc(N4CCOCC4)c3)ncc2Cl)c1.CC. The summed E-state index contributed by atoms with van der Waals surface area (Å²) in [6.07, 6.45) is 2.78. The van der Waals surface area contributed by atoms with Crippen LogP contribution in [0, 0.1) is 0 Å². The summed E-state index contributed by atoms with van der Waals surface area (Å²) in [7, 11) is 0. The molecule has 2 aromatic carbocycles. The number of ether oxygens (including phenoxy) is 1. The summed E-state index contributed by atoms with van der Waals surface area (Å²) in [5.41, 5.74) is 3.96. The maximum Gasteiger partial charge on any atom is 0.247 e. The smallest absolute Gasteiger partial charge is 0.247 e. The molecule has 3 aromatic rings. The molecule has 33 heavy (non-hydrogen) atoms. The summed E-state index contributed by atoms with van der Waals surface area (Å²) in [6.45, 7) is 10.7. The van der Waals surface area contributed by atoms with Gasteiger partial charge in [-0.15, -0.1) is 0 Å². The lowest BCUT2D eigenvalue weighted by Crippen LogP contribution is -2.36. The van der Waals surface area contributed by atoms with Crippen molar-refractivity contribution in [3.63, 3.8) is 0 Å². The number of morpholine rings is 1. The Morgan fingerprint density at radius 3 is 2.61 bits per heavy atom. The average molecular weight is 466 g/mol. The second-order valence-electron chi connectivity index (χ2n) is 6.94. The molecule has 0 spiro atoms. The number of carbonyl (C=O) groups excluding carboxylic acids is 1. The Hall–Kier alpha value is -3.42. The lowest BCUT2D eigenvalue weighted by molar-refractivity contribution is -0.111. The van der Waals surface area contributed by atoms with Crippen molar-refractivity contribution in [2.24, 2.45) is 0 Å². The predicted octanol–water partition coefficient (Wildman–Crippen LogP) is 5.53. The fourth-order valence-corrected chi connectivity index (χ4v) is 3.50. The van der Waals surface area contributed by atoms with Gasteiger partial charge in [0.25, 0.3) is 0 Å². The van der Waals surface area contributed by atoms with Gasteiger partial charge in [0, 0.05) is 35.7 Å². The zero-order valence-corrected chi connectivity index (χ0v) is 19.6. The fraction of sp³-hybridized carbons (Fsp3) is 0.240. The minimum absolute atomic E-state index is 0.284. The first-order valence-corrected chi connectivity index (χ1v) is 11.3. The number of aromatic nitrogens is 2. The van der Waals surface area contributed by atoms with Crippen molar-refractivity contribution in [3.8, 4) is 11.3 Å². The van der Waals surface area contributed by atoms with Gasteiger partial charge in [-0.25, -0.2) is 9.97 Å². The molecule has 0 saturated carbocycles. The van der Waals surface area contributed by atoms with Crippen molar-refractivity contribution in [3.05, 3.63) is 72.4 Å². The van der Waals surface area contributed by atoms with Crippen LogP contribution in [0.3, 0.4) is 0 Å². The average Bonchev–Trinajstić information content (AvgIpc) is 2.87. The van der Waals surface area contributed by atoms with E-state index >= 15 is 0 Å².